The van der Waals surface area contributed by atoms with Crippen LogP contribution in [0.15, 0.2) is 51.8 Å². The first kappa shape index (κ1) is 11.4. The van der Waals surface area contributed by atoms with E-state index >= 15 is 0 Å². The molecule has 0 bridgehead atoms. The van der Waals surface area contributed by atoms with Crippen molar-refractivity contribution in [3.8, 4) is 28.2 Å². The van der Waals surface area contributed by atoms with Gasteiger partial charge in [-0.15, -0.1) is 0 Å². The predicted octanol–water partition coefficient (Wildman–Crippen LogP) is 3.19. The van der Waals surface area contributed by atoms with Crippen molar-refractivity contribution in [2.45, 2.75) is 0 Å². The van der Waals surface area contributed by atoms with Crippen molar-refractivity contribution in [1.82, 2.24) is 5.16 Å². The first-order valence-corrected chi connectivity index (χ1v) is 5.71. The highest BCUT2D eigenvalue weighted by Crippen LogP contribution is 2.37. The highest BCUT2D eigenvalue weighted by molar-refractivity contribution is 5.86. The van der Waals surface area contributed by atoms with Crippen LogP contribution in [-0.2, 0) is 0 Å². The van der Waals surface area contributed by atoms with E-state index in [0.29, 0.717) is 11.6 Å². The van der Waals surface area contributed by atoms with E-state index in [1.807, 2.05) is 24.3 Å². The summed E-state index contributed by atoms with van der Waals surface area (Å²) in [7, 11) is 1.62. The van der Waals surface area contributed by atoms with E-state index in [2.05, 4.69) is 5.16 Å². The van der Waals surface area contributed by atoms with Gasteiger partial charge < -0.3 is 19.4 Å². The van der Waals surface area contributed by atoms with Gasteiger partial charge in [0.15, 0.2) is 11.6 Å². The normalized spacial score (nSPS) is 10.6. The van der Waals surface area contributed by atoms with Gasteiger partial charge in [0, 0.05) is 0 Å². The van der Waals surface area contributed by atoms with E-state index in [9.17, 15) is 0 Å². The van der Waals surface area contributed by atoms with Crippen molar-refractivity contribution >= 4 is 5.82 Å². The van der Waals surface area contributed by atoms with E-state index < -0.39 is 0 Å². The number of nitrogen functional groups attached to an aromatic ring is 1. The van der Waals surface area contributed by atoms with Crippen LogP contribution in [0.1, 0.15) is 0 Å². The van der Waals surface area contributed by atoms with Gasteiger partial charge in [0.25, 0.3) is 0 Å². The second-order valence-corrected chi connectivity index (χ2v) is 4.02. The van der Waals surface area contributed by atoms with Gasteiger partial charge in [-0.05, 0) is 23.8 Å². The summed E-state index contributed by atoms with van der Waals surface area (Å²) in [6.45, 7) is 0. The molecule has 0 aliphatic heterocycles. The lowest BCUT2D eigenvalue weighted by molar-refractivity contribution is 0.415. The summed E-state index contributed by atoms with van der Waals surface area (Å²) >= 11 is 0. The van der Waals surface area contributed by atoms with Crippen LogP contribution in [0, 0.1) is 0 Å². The zero-order valence-electron chi connectivity index (χ0n) is 10.3. The fourth-order valence-electron chi connectivity index (χ4n) is 1.95. The Morgan fingerprint density at radius 1 is 1.21 bits per heavy atom. The lowest BCUT2D eigenvalue weighted by Crippen LogP contribution is -1.89. The third-order valence-corrected chi connectivity index (χ3v) is 2.86. The summed E-state index contributed by atoms with van der Waals surface area (Å²) in [6, 6.07) is 9.36. The first-order valence-electron chi connectivity index (χ1n) is 5.71. The number of aromatic nitrogens is 1. The van der Waals surface area contributed by atoms with Gasteiger partial charge in [-0.1, -0.05) is 17.3 Å². The second kappa shape index (κ2) is 4.53. The molecule has 0 spiro atoms. The number of anilines is 1. The quantitative estimate of drug-likeness (QED) is 0.778. The van der Waals surface area contributed by atoms with Gasteiger partial charge >= 0.3 is 0 Å². The molecule has 2 heterocycles. The molecule has 0 saturated heterocycles. The second-order valence-electron chi connectivity index (χ2n) is 4.02. The summed E-state index contributed by atoms with van der Waals surface area (Å²) in [5.74, 6) is 1.67. The van der Waals surface area contributed by atoms with Crippen molar-refractivity contribution in [1.29, 1.82) is 0 Å². The standard InChI is InChI=1S/C14H12N2O3/c1-17-11-4-2-3-9(7-11)12-13(19-16-14(12)15)10-5-6-18-8-10/h2-8H,1H3,(H2,15,16). The SMILES string of the molecule is COc1cccc(-c2c(N)noc2-c2ccoc2)c1. The Morgan fingerprint density at radius 2 is 2.11 bits per heavy atom. The lowest BCUT2D eigenvalue weighted by Gasteiger charge is -2.04. The number of hydrogen-bond donors (Lipinski definition) is 1. The highest BCUT2D eigenvalue weighted by Gasteiger charge is 2.18. The molecule has 0 atom stereocenters. The molecule has 0 radical (unpaired) electrons. The molecule has 1 aromatic carbocycles. The van der Waals surface area contributed by atoms with Crippen LogP contribution in [0.5, 0.6) is 5.75 Å². The molecule has 0 saturated carbocycles. The highest BCUT2D eigenvalue weighted by atomic mass is 16.5. The van der Waals surface area contributed by atoms with Crippen LogP contribution in [0.2, 0.25) is 0 Å². The molecule has 0 aliphatic carbocycles. The van der Waals surface area contributed by atoms with Crippen LogP contribution >= 0.6 is 0 Å². The monoisotopic (exact) mass is 256 g/mol. The molecular formula is C14H12N2O3. The van der Waals surface area contributed by atoms with Crippen molar-refractivity contribution in [2.75, 3.05) is 12.8 Å². The third kappa shape index (κ3) is 1.95. The summed E-state index contributed by atoms with van der Waals surface area (Å²) in [5, 5.41) is 3.82. The van der Waals surface area contributed by atoms with E-state index in [4.69, 9.17) is 19.4 Å². The van der Waals surface area contributed by atoms with Crippen molar-refractivity contribution in [2.24, 2.45) is 0 Å². The molecule has 5 heteroatoms. The van der Waals surface area contributed by atoms with E-state index in [1.165, 1.54) is 0 Å². The van der Waals surface area contributed by atoms with Gasteiger partial charge in [-0.3, -0.25) is 0 Å². The number of nitrogens with zero attached hydrogens (tertiary/aromatic N) is 1. The average molecular weight is 256 g/mol. The largest absolute Gasteiger partial charge is 0.497 e. The van der Waals surface area contributed by atoms with E-state index in [1.54, 1.807) is 25.7 Å². The Labute approximate surface area is 109 Å². The minimum atomic E-state index is 0.337. The topological polar surface area (TPSA) is 74.4 Å². The fraction of sp³-hybridized carbons (Fsp3) is 0.0714. The number of methoxy groups -OCH3 is 1. The maximum atomic E-state index is 5.89. The molecule has 19 heavy (non-hydrogen) atoms. The number of furan rings is 1. The van der Waals surface area contributed by atoms with Gasteiger partial charge in [-0.2, -0.15) is 0 Å². The average Bonchev–Trinajstić information content (AvgIpc) is 3.07. The lowest BCUT2D eigenvalue weighted by atomic mass is 10.0. The molecule has 0 unspecified atom stereocenters. The maximum absolute atomic E-state index is 5.89. The third-order valence-electron chi connectivity index (χ3n) is 2.86. The molecule has 0 aliphatic rings. The van der Waals surface area contributed by atoms with Crippen LogP contribution in [0.3, 0.4) is 0 Å². The molecule has 3 rings (SSSR count). The number of hydrogen-bond acceptors (Lipinski definition) is 5. The van der Waals surface area contributed by atoms with Crippen molar-refractivity contribution < 1.29 is 13.7 Å². The summed E-state index contributed by atoms with van der Waals surface area (Å²) in [4.78, 5) is 0. The molecule has 2 aromatic heterocycles. The number of nitrogens with two attached hydrogens (primary N) is 1. The molecule has 5 nitrogen and oxygen atoms in total. The van der Waals surface area contributed by atoms with Gasteiger partial charge in [0.1, 0.15) is 12.0 Å². The van der Waals surface area contributed by atoms with Gasteiger partial charge in [-0.25, -0.2) is 0 Å². The zero-order valence-corrected chi connectivity index (χ0v) is 10.3. The number of rotatable bonds is 3. The fourth-order valence-corrected chi connectivity index (χ4v) is 1.95. The first-order chi connectivity index (χ1) is 9.29. The smallest absolute Gasteiger partial charge is 0.180 e. The number of benzene rings is 1. The Bertz CT molecular complexity index is 687. The van der Waals surface area contributed by atoms with Crippen LogP contribution < -0.4 is 10.5 Å². The predicted molar refractivity (Wildman–Crippen MR) is 70.6 cm³/mol. The molecule has 2 N–H and O–H groups in total. The van der Waals surface area contributed by atoms with Crippen LogP contribution in [0.4, 0.5) is 5.82 Å². The summed E-state index contributed by atoms with van der Waals surface area (Å²) in [6.07, 6.45) is 3.16. The molecule has 0 amide bonds. The number of ether oxygens (including phenoxy) is 1. The van der Waals surface area contributed by atoms with Crippen molar-refractivity contribution in [3.63, 3.8) is 0 Å². The van der Waals surface area contributed by atoms with Crippen molar-refractivity contribution in [3.05, 3.63) is 42.9 Å². The molecule has 0 fully saturated rings. The Morgan fingerprint density at radius 3 is 2.84 bits per heavy atom. The minimum Gasteiger partial charge on any atom is -0.497 e. The Balaban J connectivity index is 2.16. The molecular weight excluding hydrogens is 244 g/mol. The van der Waals surface area contributed by atoms with E-state index in [-0.39, 0.29) is 0 Å². The van der Waals surface area contributed by atoms with Gasteiger partial charge in [0.2, 0.25) is 0 Å². The molecule has 96 valence electrons. The van der Waals surface area contributed by atoms with Gasteiger partial charge in [0.05, 0.1) is 24.5 Å². The van der Waals surface area contributed by atoms with Crippen LogP contribution in [0.25, 0.3) is 22.5 Å². The zero-order chi connectivity index (χ0) is 13.2. The maximum Gasteiger partial charge on any atom is 0.180 e. The Kier molecular flexibility index (Phi) is 2.72. The van der Waals surface area contributed by atoms with Crippen LogP contribution in [-0.4, -0.2) is 12.3 Å². The minimum absolute atomic E-state index is 0.337. The molecule has 3 aromatic rings. The Hall–Kier alpha value is -2.69. The summed E-state index contributed by atoms with van der Waals surface area (Å²) in [5.41, 5.74) is 8.31. The van der Waals surface area contributed by atoms with E-state index in [0.717, 1.165) is 22.4 Å². The summed E-state index contributed by atoms with van der Waals surface area (Å²) < 4.78 is 15.6.